The maximum atomic E-state index is 10.3. The quantitative estimate of drug-likeness (QED) is 0.508. The summed E-state index contributed by atoms with van der Waals surface area (Å²) in [7, 11) is 0. The first-order valence-corrected chi connectivity index (χ1v) is 5.23. The van der Waals surface area contributed by atoms with Crippen molar-refractivity contribution in [3.63, 3.8) is 0 Å². The highest BCUT2D eigenvalue weighted by Crippen LogP contribution is 2.25. The van der Waals surface area contributed by atoms with Crippen LogP contribution < -0.4 is 11.5 Å². The minimum absolute atomic E-state index is 0.0626. The molecular weight excluding hydrogens is 216 g/mol. The summed E-state index contributed by atoms with van der Waals surface area (Å²) < 4.78 is 0. The number of aromatic nitrogens is 2. The molecule has 1 heterocycles. The van der Waals surface area contributed by atoms with Crippen molar-refractivity contribution in [3.8, 4) is 0 Å². The smallest absolute Gasteiger partial charge is 0.304 e. The topological polar surface area (TPSA) is 115 Å². The van der Waals surface area contributed by atoms with E-state index < -0.39 is 5.97 Å². The molecule has 0 aliphatic heterocycles. The average molecular weight is 228 g/mol. The Morgan fingerprint density at radius 1 is 1.47 bits per heavy atom. The lowest BCUT2D eigenvalue weighted by molar-refractivity contribution is -0.136. The van der Waals surface area contributed by atoms with E-state index in [2.05, 4.69) is 9.97 Å². The van der Waals surface area contributed by atoms with Crippen LogP contribution in [0.4, 0.5) is 11.6 Å². The summed E-state index contributed by atoms with van der Waals surface area (Å²) in [6.45, 7) is 1.73. The Morgan fingerprint density at radius 2 is 2.13 bits per heavy atom. The van der Waals surface area contributed by atoms with Crippen molar-refractivity contribution in [2.75, 3.05) is 17.2 Å². The second-order valence-electron chi connectivity index (χ2n) is 2.88. The molecule has 0 atom stereocenters. The molecule has 0 spiro atoms. The van der Waals surface area contributed by atoms with E-state index in [1.807, 2.05) is 0 Å². The normalized spacial score (nSPS) is 10.2. The second-order valence-corrected chi connectivity index (χ2v) is 3.96. The van der Waals surface area contributed by atoms with E-state index >= 15 is 0 Å². The number of thioether (sulfide) groups is 1. The van der Waals surface area contributed by atoms with Gasteiger partial charge in [-0.3, -0.25) is 4.79 Å². The van der Waals surface area contributed by atoms with E-state index in [0.717, 1.165) is 0 Å². The highest BCUT2D eigenvalue weighted by Gasteiger charge is 2.08. The third kappa shape index (κ3) is 3.28. The largest absolute Gasteiger partial charge is 0.481 e. The SMILES string of the molecule is Cc1nc(N)nc(SCCC(=O)O)c1N. The van der Waals surface area contributed by atoms with Crippen LogP contribution in [0, 0.1) is 6.92 Å². The highest BCUT2D eigenvalue weighted by molar-refractivity contribution is 7.99. The van der Waals surface area contributed by atoms with Crippen molar-refractivity contribution in [3.05, 3.63) is 5.69 Å². The Bertz CT molecular complexity index is 383. The monoisotopic (exact) mass is 228 g/mol. The summed E-state index contributed by atoms with van der Waals surface area (Å²) in [6, 6.07) is 0. The van der Waals surface area contributed by atoms with Crippen LogP contribution in [0.25, 0.3) is 0 Å². The van der Waals surface area contributed by atoms with Crippen LogP contribution in [-0.4, -0.2) is 26.8 Å². The molecule has 5 N–H and O–H groups in total. The number of carbonyl (C=O) groups is 1. The maximum Gasteiger partial charge on any atom is 0.304 e. The molecule has 0 bridgehead atoms. The Kier molecular flexibility index (Phi) is 3.73. The Hall–Kier alpha value is -1.50. The minimum Gasteiger partial charge on any atom is -0.481 e. The van der Waals surface area contributed by atoms with Gasteiger partial charge in [0.05, 0.1) is 17.8 Å². The molecule has 0 radical (unpaired) electrons. The fourth-order valence-corrected chi connectivity index (χ4v) is 1.85. The zero-order valence-electron chi connectivity index (χ0n) is 8.23. The molecule has 6 nitrogen and oxygen atoms in total. The molecular formula is C8H12N4O2S. The van der Waals surface area contributed by atoms with Gasteiger partial charge in [0, 0.05) is 5.75 Å². The zero-order chi connectivity index (χ0) is 11.4. The average Bonchev–Trinajstić information content (AvgIpc) is 2.12. The van der Waals surface area contributed by atoms with Crippen molar-refractivity contribution < 1.29 is 9.90 Å². The number of nitrogens with two attached hydrogens (primary N) is 2. The van der Waals surface area contributed by atoms with Gasteiger partial charge >= 0.3 is 5.97 Å². The molecule has 15 heavy (non-hydrogen) atoms. The first-order valence-electron chi connectivity index (χ1n) is 4.25. The van der Waals surface area contributed by atoms with E-state index in [0.29, 0.717) is 22.2 Å². The van der Waals surface area contributed by atoms with E-state index in [1.165, 1.54) is 11.8 Å². The first kappa shape index (κ1) is 11.6. The van der Waals surface area contributed by atoms with Gasteiger partial charge in [0.25, 0.3) is 0 Å². The molecule has 1 aromatic rings. The van der Waals surface area contributed by atoms with Gasteiger partial charge in [0.15, 0.2) is 0 Å². The molecule has 0 unspecified atom stereocenters. The number of aliphatic carboxylic acids is 1. The van der Waals surface area contributed by atoms with E-state index in [-0.39, 0.29) is 12.4 Å². The van der Waals surface area contributed by atoms with Crippen LogP contribution >= 0.6 is 11.8 Å². The number of carboxylic acids is 1. The van der Waals surface area contributed by atoms with Crippen molar-refractivity contribution in [2.45, 2.75) is 18.4 Å². The van der Waals surface area contributed by atoms with E-state index in [4.69, 9.17) is 16.6 Å². The lowest BCUT2D eigenvalue weighted by Gasteiger charge is -2.06. The zero-order valence-corrected chi connectivity index (χ0v) is 9.04. The van der Waals surface area contributed by atoms with Gasteiger partial charge in [-0.05, 0) is 6.92 Å². The molecule has 0 fully saturated rings. The predicted octanol–water partition coefficient (Wildman–Crippen LogP) is 0.516. The number of nitrogen functional groups attached to an aromatic ring is 2. The molecule has 0 saturated heterocycles. The first-order chi connectivity index (χ1) is 7.00. The molecule has 1 aromatic heterocycles. The number of aryl methyl sites for hydroxylation is 1. The van der Waals surface area contributed by atoms with Gasteiger partial charge in [-0.1, -0.05) is 0 Å². The lowest BCUT2D eigenvalue weighted by Crippen LogP contribution is -2.04. The molecule has 0 aliphatic rings. The van der Waals surface area contributed by atoms with Gasteiger partial charge in [0.1, 0.15) is 5.03 Å². The number of carboxylic acid groups (broad SMARTS) is 1. The molecule has 0 amide bonds. The molecule has 82 valence electrons. The van der Waals surface area contributed by atoms with Crippen molar-refractivity contribution in [1.82, 2.24) is 9.97 Å². The standard InChI is InChI=1S/C8H12N4O2S/c1-4-6(9)7(12-8(10)11-4)15-3-2-5(13)14/h2-3,9H2,1H3,(H,13,14)(H2,10,11,12). The molecule has 7 heteroatoms. The lowest BCUT2D eigenvalue weighted by atomic mass is 10.4. The predicted molar refractivity (Wildman–Crippen MR) is 58.6 cm³/mol. The van der Waals surface area contributed by atoms with Crippen LogP contribution in [-0.2, 0) is 4.79 Å². The summed E-state index contributed by atoms with van der Waals surface area (Å²) in [5.74, 6) is -0.283. The summed E-state index contributed by atoms with van der Waals surface area (Å²) in [5, 5.41) is 9.01. The Balaban J connectivity index is 2.72. The third-order valence-electron chi connectivity index (χ3n) is 1.67. The van der Waals surface area contributed by atoms with E-state index in [1.54, 1.807) is 6.92 Å². The number of hydrogen-bond donors (Lipinski definition) is 3. The fraction of sp³-hybridized carbons (Fsp3) is 0.375. The minimum atomic E-state index is -0.847. The number of hydrogen-bond acceptors (Lipinski definition) is 6. The van der Waals surface area contributed by atoms with Crippen LogP contribution in [0.2, 0.25) is 0 Å². The summed E-state index contributed by atoms with van der Waals surface area (Å²) >= 11 is 1.27. The summed E-state index contributed by atoms with van der Waals surface area (Å²) in [4.78, 5) is 18.1. The molecule has 0 saturated carbocycles. The molecule has 1 rings (SSSR count). The second kappa shape index (κ2) is 4.83. The Morgan fingerprint density at radius 3 is 2.73 bits per heavy atom. The third-order valence-corrected chi connectivity index (χ3v) is 2.67. The maximum absolute atomic E-state index is 10.3. The van der Waals surface area contributed by atoms with Gasteiger partial charge in [-0.15, -0.1) is 11.8 Å². The summed E-state index contributed by atoms with van der Waals surface area (Å²) in [6.07, 6.45) is 0.0626. The molecule has 0 aromatic carbocycles. The van der Waals surface area contributed by atoms with E-state index in [9.17, 15) is 4.79 Å². The van der Waals surface area contributed by atoms with Crippen LogP contribution in [0.3, 0.4) is 0 Å². The van der Waals surface area contributed by atoms with Crippen molar-refractivity contribution in [2.24, 2.45) is 0 Å². The number of nitrogens with zero attached hydrogens (tertiary/aromatic N) is 2. The van der Waals surface area contributed by atoms with Crippen LogP contribution in [0.15, 0.2) is 5.03 Å². The van der Waals surface area contributed by atoms with Gasteiger partial charge in [-0.25, -0.2) is 9.97 Å². The summed E-state index contributed by atoms with van der Waals surface area (Å²) in [5.41, 5.74) is 12.2. The number of anilines is 2. The van der Waals surface area contributed by atoms with Crippen molar-refractivity contribution >= 4 is 29.4 Å². The van der Waals surface area contributed by atoms with Crippen LogP contribution in [0.1, 0.15) is 12.1 Å². The van der Waals surface area contributed by atoms with Crippen molar-refractivity contribution in [1.29, 1.82) is 0 Å². The highest BCUT2D eigenvalue weighted by atomic mass is 32.2. The number of rotatable bonds is 4. The molecule has 0 aliphatic carbocycles. The fourth-order valence-electron chi connectivity index (χ4n) is 0.921. The van der Waals surface area contributed by atoms with Gasteiger partial charge in [-0.2, -0.15) is 0 Å². The van der Waals surface area contributed by atoms with Crippen LogP contribution in [0.5, 0.6) is 0 Å². The Labute approximate surface area is 91.1 Å². The van der Waals surface area contributed by atoms with Gasteiger partial charge in [0.2, 0.25) is 5.95 Å². The van der Waals surface area contributed by atoms with Gasteiger partial charge < -0.3 is 16.6 Å².